The van der Waals surface area contributed by atoms with Crippen molar-refractivity contribution in [2.45, 2.75) is 25.3 Å². The first kappa shape index (κ1) is 27.1. The van der Waals surface area contributed by atoms with Gasteiger partial charge >= 0.3 is 0 Å². The zero-order valence-corrected chi connectivity index (χ0v) is 22.8. The molecule has 1 unspecified atom stereocenters. The number of methoxy groups -OCH3 is 3. The van der Waals surface area contributed by atoms with E-state index in [0.29, 0.717) is 28.6 Å². The van der Waals surface area contributed by atoms with Crippen LogP contribution in [0.5, 0.6) is 11.5 Å². The van der Waals surface area contributed by atoms with Gasteiger partial charge in [0, 0.05) is 13.5 Å². The maximum atomic E-state index is 14.5. The first-order chi connectivity index (χ1) is 19.3. The Balaban J connectivity index is 1.53. The van der Waals surface area contributed by atoms with Gasteiger partial charge in [-0.15, -0.1) is 10.2 Å². The molecular formula is C25H26FN7O6S. The van der Waals surface area contributed by atoms with E-state index in [9.17, 15) is 12.8 Å². The third-order valence-corrected chi connectivity index (χ3v) is 7.91. The molecule has 1 atom stereocenters. The summed E-state index contributed by atoms with van der Waals surface area (Å²) in [6.07, 6.45) is 3.86. The number of benzene rings is 1. The number of halogens is 1. The summed E-state index contributed by atoms with van der Waals surface area (Å²) in [6.45, 7) is 1.58. The Morgan fingerprint density at radius 1 is 1.07 bits per heavy atom. The van der Waals surface area contributed by atoms with Gasteiger partial charge in [-0.05, 0) is 31.2 Å². The Labute approximate surface area is 228 Å². The van der Waals surface area contributed by atoms with Gasteiger partial charge in [-0.3, -0.25) is 14.3 Å². The number of aromatic nitrogens is 6. The van der Waals surface area contributed by atoms with Gasteiger partial charge in [-0.2, -0.15) is 0 Å². The summed E-state index contributed by atoms with van der Waals surface area (Å²) in [5.74, 6) is 0.594. The average molecular weight is 572 g/mol. The minimum absolute atomic E-state index is 0.0622. The van der Waals surface area contributed by atoms with Gasteiger partial charge in [0.15, 0.2) is 11.6 Å². The summed E-state index contributed by atoms with van der Waals surface area (Å²) in [5, 5.41) is 7.27. The van der Waals surface area contributed by atoms with Crippen molar-refractivity contribution in [3.05, 3.63) is 60.6 Å². The molecule has 40 heavy (non-hydrogen) atoms. The highest BCUT2D eigenvalue weighted by Crippen LogP contribution is 2.38. The van der Waals surface area contributed by atoms with Gasteiger partial charge in [0.2, 0.25) is 21.8 Å². The van der Waals surface area contributed by atoms with Crippen molar-refractivity contribution in [1.82, 2.24) is 29.3 Å². The van der Waals surface area contributed by atoms with Crippen LogP contribution in [-0.2, 0) is 27.9 Å². The number of anilines is 1. The van der Waals surface area contributed by atoms with Gasteiger partial charge in [-0.25, -0.2) is 17.8 Å². The molecule has 13 nitrogen and oxygen atoms in total. The molecule has 0 spiro atoms. The molecule has 0 radical (unpaired) electrons. The highest BCUT2D eigenvalue weighted by atomic mass is 32.2. The maximum Gasteiger partial charge on any atom is 0.243 e. The molecule has 0 aliphatic carbocycles. The van der Waals surface area contributed by atoms with E-state index in [0.717, 1.165) is 6.20 Å². The highest BCUT2D eigenvalue weighted by Gasteiger charge is 2.30. The predicted octanol–water partition coefficient (Wildman–Crippen LogP) is 3.41. The lowest BCUT2D eigenvalue weighted by Gasteiger charge is -2.18. The monoisotopic (exact) mass is 571 g/mol. The van der Waals surface area contributed by atoms with Crippen LogP contribution in [0.25, 0.3) is 28.3 Å². The maximum absolute atomic E-state index is 14.5. The lowest BCUT2D eigenvalue weighted by molar-refractivity contribution is 0.134. The summed E-state index contributed by atoms with van der Waals surface area (Å²) in [7, 11) is 0.333. The van der Waals surface area contributed by atoms with E-state index in [1.165, 1.54) is 50.0 Å². The lowest BCUT2D eigenvalue weighted by Crippen LogP contribution is -2.29. The van der Waals surface area contributed by atoms with Crippen LogP contribution in [0.3, 0.4) is 0 Å². The molecule has 1 N–H and O–H groups in total. The van der Waals surface area contributed by atoms with Crippen LogP contribution in [0.1, 0.15) is 12.6 Å². The van der Waals surface area contributed by atoms with Crippen molar-refractivity contribution in [2.75, 3.05) is 26.1 Å². The van der Waals surface area contributed by atoms with Crippen LogP contribution < -0.4 is 14.2 Å². The van der Waals surface area contributed by atoms with Crippen LogP contribution in [0, 0.1) is 5.82 Å². The number of furan rings is 1. The Morgan fingerprint density at radius 2 is 1.82 bits per heavy atom. The number of hydrogen-bond acceptors (Lipinski definition) is 10. The molecule has 0 bridgehead atoms. The number of nitrogens with zero attached hydrogens (tertiary/aromatic N) is 6. The average Bonchev–Trinajstić information content (AvgIpc) is 3.70. The minimum Gasteiger partial charge on any atom is -0.494 e. The Morgan fingerprint density at radius 3 is 2.48 bits per heavy atom. The SMILES string of the molecule is COCn1cnc2c(CC(C)S(=O)(=O)Nc3nnc(-c4ccco4)n3-c3c(OC)cccc3OC)ncc(F)c21. The first-order valence-electron chi connectivity index (χ1n) is 12.0. The van der Waals surface area contributed by atoms with Gasteiger partial charge < -0.3 is 23.2 Å². The van der Waals surface area contributed by atoms with Crippen molar-refractivity contribution < 1.29 is 31.4 Å². The molecule has 210 valence electrons. The summed E-state index contributed by atoms with van der Waals surface area (Å²) in [6, 6.07) is 8.45. The van der Waals surface area contributed by atoms with Crippen LogP contribution in [0.4, 0.5) is 10.3 Å². The normalized spacial score (nSPS) is 12.5. The van der Waals surface area contributed by atoms with E-state index in [4.69, 9.17) is 18.6 Å². The molecule has 1 aromatic carbocycles. The quantitative estimate of drug-likeness (QED) is 0.250. The predicted molar refractivity (Wildman–Crippen MR) is 142 cm³/mol. The number of hydrogen-bond donors (Lipinski definition) is 1. The molecule has 5 rings (SSSR count). The molecule has 0 saturated carbocycles. The summed E-state index contributed by atoms with van der Waals surface area (Å²) < 4.78 is 68.9. The van der Waals surface area contributed by atoms with Crippen LogP contribution >= 0.6 is 0 Å². The summed E-state index contributed by atoms with van der Waals surface area (Å²) in [5.41, 5.74) is 1.10. The highest BCUT2D eigenvalue weighted by molar-refractivity contribution is 7.93. The number of fused-ring (bicyclic) bond motifs is 1. The second-order valence-corrected chi connectivity index (χ2v) is 10.8. The van der Waals surface area contributed by atoms with Gasteiger partial charge in [0.25, 0.3) is 0 Å². The fourth-order valence-electron chi connectivity index (χ4n) is 4.28. The lowest BCUT2D eigenvalue weighted by atomic mass is 10.2. The zero-order valence-electron chi connectivity index (χ0n) is 22.0. The van der Waals surface area contributed by atoms with E-state index in [2.05, 4.69) is 24.9 Å². The van der Waals surface area contributed by atoms with Crippen LogP contribution in [-0.4, -0.2) is 64.3 Å². The molecule has 0 aliphatic rings. The van der Waals surface area contributed by atoms with Crippen LogP contribution in [0.15, 0.2) is 53.5 Å². The van der Waals surface area contributed by atoms with E-state index in [1.807, 2.05) is 0 Å². The molecule has 15 heteroatoms. The smallest absolute Gasteiger partial charge is 0.243 e. The Bertz CT molecular complexity index is 1730. The molecule has 0 aliphatic heterocycles. The van der Waals surface area contributed by atoms with Crippen molar-refractivity contribution in [1.29, 1.82) is 0 Å². The van der Waals surface area contributed by atoms with Crippen molar-refractivity contribution in [3.8, 4) is 28.8 Å². The number of imidazole rings is 1. The second kappa shape index (κ2) is 10.9. The number of rotatable bonds is 11. The number of nitrogens with one attached hydrogen (secondary N) is 1. The van der Waals surface area contributed by atoms with Gasteiger partial charge in [0.05, 0.1) is 44.0 Å². The van der Waals surface area contributed by atoms with E-state index >= 15 is 0 Å². The van der Waals surface area contributed by atoms with E-state index in [-0.39, 0.29) is 36.0 Å². The fraction of sp³-hybridized carbons (Fsp3) is 0.280. The molecule has 0 fully saturated rings. The van der Waals surface area contributed by atoms with Gasteiger partial charge in [-0.1, -0.05) is 6.07 Å². The third-order valence-electron chi connectivity index (χ3n) is 6.21. The Kier molecular flexibility index (Phi) is 7.40. The number of sulfonamides is 1. The van der Waals surface area contributed by atoms with Gasteiger partial charge in [0.1, 0.15) is 35.0 Å². The number of pyridine rings is 1. The molecule has 0 saturated heterocycles. The van der Waals surface area contributed by atoms with E-state index < -0.39 is 21.1 Å². The zero-order chi connectivity index (χ0) is 28.4. The molecule has 5 aromatic rings. The van der Waals surface area contributed by atoms with Crippen molar-refractivity contribution in [2.24, 2.45) is 0 Å². The number of para-hydroxylation sites is 1. The van der Waals surface area contributed by atoms with Crippen molar-refractivity contribution >= 4 is 27.0 Å². The molecule has 4 heterocycles. The topological polar surface area (TPSA) is 148 Å². The standard InChI is InChI=1S/C25H26FN7O6S/c1-15(11-17-21-22(16(26)12-27-17)32(13-28-21)14-36-2)40(34,35)31-25-30-29-24(20-9-6-10-39-20)33(25)23-18(37-3)7-5-8-19(23)38-4/h5-10,12-13,15H,11,14H2,1-4H3,(H,30,31). The molecule has 0 amide bonds. The van der Waals surface area contributed by atoms with Crippen molar-refractivity contribution in [3.63, 3.8) is 0 Å². The third kappa shape index (κ3) is 4.84. The number of ether oxygens (including phenoxy) is 3. The molecular weight excluding hydrogens is 545 g/mol. The molecule has 4 aromatic heterocycles. The second-order valence-electron chi connectivity index (χ2n) is 8.72. The van der Waals surface area contributed by atoms with Crippen LogP contribution in [0.2, 0.25) is 0 Å². The Hall–Kier alpha value is -4.50. The summed E-state index contributed by atoms with van der Waals surface area (Å²) in [4.78, 5) is 8.37. The first-order valence-corrected chi connectivity index (χ1v) is 13.5. The minimum atomic E-state index is -4.10. The largest absolute Gasteiger partial charge is 0.494 e. The summed E-state index contributed by atoms with van der Waals surface area (Å²) >= 11 is 0. The fourth-order valence-corrected chi connectivity index (χ4v) is 5.24. The van der Waals surface area contributed by atoms with E-state index in [1.54, 1.807) is 30.3 Å².